The Labute approximate surface area is 219 Å². The molecule has 0 fully saturated rings. The molecule has 0 radical (unpaired) electrons. The Morgan fingerprint density at radius 2 is 1.66 bits per heavy atom. The first-order chi connectivity index (χ1) is 18.0. The molecule has 198 valence electrons. The zero-order chi connectivity index (χ0) is 27.8. The number of benzene rings is 2. The van der Waals surface area contributed by atoms with E-state index in [4.69, 9.17) is 14.2 Å². The highest BCUT2D eigenvalue weighted by atomic mass is 16.6. The van der Waals surface area contributed by atoms with Crippen LogP contribution >= 0.6 is 0 Å². The van der Waals surface area contributed by atoms with Gasteiger partial charge < -0.3 is 19.1 Å². The lowest BCUT2D eigenvalue weighted by atomic mass is 9.70. The molecule has 1 aliphatic heterocycles. The highest BCUT2D eigenvalue weighted by Crippen LogP contribution is 2.51. The number of methoxy groups -OCH3 is 3. The molecule has 0 amide bonds. The number of ketones is 1. The maximum atomic E-state index is 13.6. The average molecular weight is 521 g/mol. The Morgan fingerprint density at radius 3 is 2.24 bits per heavy atom. The molecule has 0 aromatic heterocycles. The average Bonchev–Trinajstić information content (AvgIpc) is 2.90. The molecule has 2 aromatic carbocycles. The minimum atomic E-state index is -1.04. The highest BCUT2D eigenvalue weighted by Gasteiger charge is 2.48. The summed E-state index contributed by atoms with van der Waals surface area (Å²) in [5, 5.41) is 11.7. The van der Waals surface area contributed by atoms with Crippen LogP contribution in [0.15, 0.2) is 70.9 Å². The Kier molecular flexibility index (Phi) is 7.08. The maximum absolute atomic E-state index is 13.6. The van der Waals surface area contributed by atoms with Gasteiger partial charge in [0.1, 0.15) is 5.75 Å². The largest absolute Gasteiger partial charge is 0.497 e. The van der Waals surface area contributed by atoms with Gasteiger partial charge in [0.25, 0.3) is 5.69 Å². The summed E-state index contributed by atoms with van der Waals surface area (Å²) < 4.78 is 15.5. The van der Waals surface area contributed by atoms with E-state index in [1.165, 1.54) is 39.5 Å². The van der Waals surface area contributed by atoms with Crippen molar-refractivity contribution in [3.63, 3.8) is 0 Å². The van der Waals surface area contributed by atoms with Gasteiger partial charge in [-0.2, -0.15) is 0 Å². The number of esters is 2. The molecule has 0 saturated heterocycles. The first kappa shape index (κ1) is 26.6. The predicted molar refractivity (Wildman–Crippen MR) is 137 cm³/mol. The van der Waals surface area contributed by atoms with Gasteiger partial charge in [-0.3, -0.25) is 14.9 Å². The first-order valence-electron chi connectivity index (χ1n) is 11.9. The van der Waals surface area contributed by atoms with Crippen molar-refractivity contribution in [2.75, 3.05) is 26.2 Å². The van der Waals surface area contributed by atoms with E-state index in [1.54, 1.807) is 35.2 Å². The number of carbonyl (C=O) groups is 3. The van der Waals surface area contributed by atoms with Gasteiger partial charge in [-0.1, -0.05) is 26.0 Å². The molecule has 0 bridgehead atoms. The molecule has 1 heterocycles. The summed E-state index contributed by atoms with van der Waals surface area (Å²) in [7, 11) is 3.87. The topological polar surface area (TPSA) is 125 Å². The fraction of sp³-hybridized carbons (Fsp3) is 0.321. The lowest BCUT2D eigenvalue weighted by Gasteiger charge is -2.46. The molecule has 0 N–H and O–H groups in total. The first-order valence-corrected chi connectivity index (χ1v) is 11.9. The number of carbonyl (C=O) groups excluding carboxylic acids is 3. The van der Waals surface area contributed by atoms with Gasteiger partial charge >= 0.3 is 11.9 Å². The van der Waals surface area contributed by atoms with Crippen molar-refractivity contribution >= 4 is 29.1 Å². The van der Waals surface area contributed by atoms with Crippen LogP contribution in [-0.2, 0) is 23.9 Å². The molecule has 1 unspecified atom stereocenters. The minimum absolute atomic E-state index is 0.0917. The van der Waals surface area contributed by atoms with Crippen molar-refractivity contribution in [2.45, 2.75) is 32.7 Å². The SMILES string of the molecule is COC(=O)C1=C(C(=O)OC)C(c2cccc([N+](=O)[O-])c2)N(c2ccc(OC)cc2)C2=C1C(=O)CC(C)(C)C2. The molecule has 4 rings (SSSR count). The Hall–Kier alpha value is -4.47. The number of anilines is 1. The number of non-ortho nitro benzene ring substituents is 1. The third kappa shape index (κ3) is 4.65. The van der Waals surface area contributed by atoms with E-state index >= 15 is 0 Å². The molecule has 2 aliphatic rings. The molecular formula is C28H28N2O8. The van der Waals surface area contributed by atoms with Crippen LogP contribution in [-0.4, -0.2) is 44.0 Å². The summed E-state index contributed by atoms with van der Waals surface area (Å²) in [6.45, 7) is 3.89. The number of nitrogens with zero attached hydrogens (tertiary/aromatic N) is 2. The fourth-order valence-corrected chi connectivity index (χ4v) is 5.14. The number of nitro groups is 1. The van der Waals surface area contributed by atoms with Crippen LogP contribution in [0.5, 0.6) is 5.75 Å². The smallest absolute Gasteiger partial charge is 0.339 e. The molecule has 10 nitrogen and oxygen atoms in total. The summed E-state index contributed by atoms with van der Waals surface area (Å²) in [4.78, 5) is 53.1. The maximum Gasteiger partial charge on any atom is 0.339 e. The van der Waals surface area contributed by atoms with E-state index in [0.29, 0.717) is 29.1 Å². The third-order valence-corrected chi connectivity index (χ3v) is 6.74. The quantitative estimate of drug-likeness (QED) is 0.308. The second-order valence-corrected chi connectivity index (χ2v) is 9.86. The van der Waals surface area contributed by atoms with Gasteiger partial charge in [-0.25, -0.2) is 9.59 Å². The number of allylic oxidation sites excluding steroid dienone is 1. The lowest BCUT2D eigenvalue weighted by molar-refractivity contribution is -0.384. The molecule has 1 aliphatic carbocycles. The van der Waals surface area contributed by atoms with Crippen molar-refractivity contribution < 1.29 is 33.5 Å². The van der Waals surface area contributed by atoms with Gasteiger partial charge in [0.2, 0.25) is 0 Å². The summed E-state index contributed by atoms with van der Waals surface area (Å²) in [6.07, 6.45) is 0.541. The second kappa shape index (κ2) is 10.1. The zero-order valence-electron chi connectivity index (χ0n) is 21.8. The Balaban J connectivity index is 2.14. The Bertz CT molecular complexity index is 1390. The van der Waals surface area contributed by atoms with Gasteiger partial charge in [0.15, 0.2) is 5.78 Å². The second-order valence-electron chi connectivity index (χ2n) is 9.86. The number of hydrogen-bond acceptors (Lipinski definition) is 9. The molecule has 1 atom stereocenters. The van der Waals surface area contributed by atoms with Crippen molar-refractivity contribution in [1.29, 1.82) is 0 Å². The minimum Gasteiger partial charge on any atom is -0.497 e. The van der Waals surface area contributed by atoms with Crippen molar-refractivity contribution in [3.05, 3.63) is 86.6 Å². The molecule has 38 heavy (non-hydrogen) atoms. The fourth-order valence-electron chi connectivity index (χ4n) is 5.14. The number of nitro benzene ring substituents is 1. The monoisotopic (exact) mass is 520 g/mol. The van der Waals surface area contributed by atoms with Crippen LogP contribution in [0, 0.1) is 15.5 Å². The predicted octanol–water partition coefficient (Wildman–Crippen LogP) is 4.45. The summed E-state index contributed by atoms with van der Waals surface area (Å²) in [5.41, 5.74) is 0.581. The van der Waals surface area contributed by atoms with Crippen LogP contribution in [0.1, 0.15) is 38.3 Å². The molecule has 10 heteroatoms. The van der Waals surface area contributed by atoms with Crippen LogP contribution in [0.4, 0.5) is 11.4 Å². The molecule has 0 saturated carbocycles. The lowest BCUT2D eigenvalue weighted by Crippen LogP contribution is -2.44. The van der Waals surface area contributed by atoms with Crippen molar-refractivity contribution in [2.24, 2.45) is 5.41 Å². The van der Waals surface area contributed by atoms with Crippen molar-refractivity contribution in [3.8, 4) is 5.75 Å². The third-order valence-electron chi connectivity index (χ3n) is 6.74. The van der Waals surface area contributed by atoms with E-state index in [-0.39, 0.29) is 34.6 Å². The van der Waals surface area contributed by atoms with E-state index in [9.17, 15) is 24.5 Å². The molecule has 2 aromatic rings. The van der Waals surface area contributed by atoms with E-state index < -0.39 is 28.3 Å². The number of Topliss-reactive ketones (excluding diaryl/α,β-unsaturated/α-hetero) is 1. The van der Waals surface area contributed by atoms with Crippen LogP contribution in [0.25, 0.3) is 0 Å². The standard InChI is InChI=1S/C28H28N2O8/c1-28(2)14-20-22(21(31)15-28)23(26(32)37-4)24(27(33)38-5)25(16-7-6-8-18(13-16)30(34)35)29(20)17-9-11-19(36-3)12-10-17/h6-13,25H,14-15H2,1-5H3. The number of rotatable bonds is 6. The molecular weight excluding hydrogens is 492 g/mol. The Morgan fingerprint density at radius 1 is 1.00 bits per heavy atom. The highest BCUT2D eigenvalue weighted by molar-refractivity contribution is 6.17. The summed E-state index contributed by atoms with van der Waals surface area (Å²) in [5.74, 6) is -1.44. The van der Waals surface area contributed by atoms with Gasteiger partial charge in [-0.15, -0.1) is 0 Å². The van der Waals surface area contributed by atoms with E-state index in [2.05, 4.69) is 0 Å². The van der Waals surface area contributed by atoms with Gasteiger partial charge in [-0.05, 0) is 41.7 Å². The zero-order valence-corrected chi connectivity index (χ0v) is 21.8. The number of hydrogen-bond donors (Lipinski definition) is 0. The molecule has 0 spiro atoms. The van der Waals surface area contributed by atoms with Crippen molar-refractivity contribution in [1.82, 2.24) is 0 Å². The van der Waals surface area contributed by atoms with Crippen LogP contribution in [0.3, 0.4) is 0 Å². The van der Waals surface area contributed by atoms with Crippen LogP contribution in [0.2, 0.25) is 0 Å². The summed E-state index contributed by atoms with van der Waals surface area (Å²) >= 11 is 0. The van der Waals surface area contributed by atoms with Crippen LogP contribution < -0.4 is 9.64 Å². The number of ether oxygens (including phenoxy) is 3. The summed E-state index contributed by atoms with van der Waals surface area (Å²) in [6, 6.07) is 11.8. The normalized spacial score (nSPS) is 18.6. The van der Waals surface area contributed by atoms with E-state index in [0.717, 1.165) is 0 Å². The van der Waals surface area contributed by atoms with Gasteiger partial charge in [0, 0.05) is 29.9 Å². The van der Waals surface area contributed by atoms with Gasteiger partial charge in [0.05, 0.1) is 49.0 Å². The van der Waals surface area contributed by atoms with E-state index in [1.807, 2.05) is 13.8 Å².